The highest BCUT2D eigenvalue weighted by molar-refractivity contribution is 5.65. The number of hydroxylamine groups is 4. The molecule has 0 aromatic heterocycles. The molecule has 0 aliphatic carbocycles. The Balaban J connectivity index is 0.0000152. The molecule has 0 N–H and O–H groups in total. The number of quaternary nitrogens is 1. The van der Waals surface area contributed by atoms with Gasteiger partial charge in [-0.05, 0) is 114 Å². The number of rotatable bonds is 50. The van der Waals surface area contributed by atoms with E-state index in [0.29, 0.717) is 0 Å². The molecule has 0 atom stereocenters. The van der Waals surface area contributed by atoms with E-state index in [2.05, 4.69) is 111 Å². The second-order valence-electron chi connectivity index (χ2n) is 22.6. The maximum absolute atomic E-state index is 6.09. The lowest BCUT2D eigenvalue weighted by molar-refractivity contribution is -1.22. The molecule has 0 saturated heterocycles. The molecule has 0 amide bonds. The summed E-state index contributed by atoms with van der Waals surface area (Å²) in [5.41, 5.74) is 7.99. The zero-order valence-corrected chi connectivity index (χ0v) is 51.0. The van der Waals surface area contributed by atoms with E-state index in [1.165, 1.54) is 252 Å². The van der Waals surface area contributed by atoms with E-state index in [4.69, 9.17) is 19.1 Å². The molecule has 0 heterocycles. The van der Waals surface area contributed by atoms with Gasteiger partial charge in [0, 0.05) is 0 Å². The van der Waals surface area contributed by atoms with Gasteiger partial charge in [-0.1, -0.05) is 279 Å². The normalized spacial score (nSPS) is 11.5. The van der Waals surface area contributed by atoms with Gasteiger partial charge < -0.3 is 26.5 Å². The average molecular weight is 1110 g/mol. The van der Waals surface area contributed by atoms with Crippen molar-refractivity contribution in [3.8, 4) is 33.8 Å². The summed E-state index contributed by atoms with van der Waals surface area (Å²) in [5.74, 6) is 1.97. The fourth-order valence-corrected chi connectivity index (χ4v) is 10.4. The summed E-state index contributed by atoms with van der Waals surface area (Å²) in [6.45, 7) is 7.75. The minimum atomic E-state index is 0. The van der Waals surface area contributed by atoms with E-state index in [0.717, 1.165) is 63.6 Å². The van der Waals surface area contributed by atoms with Crippen LogP contribution in [0.15, 0.2) is 97.1 Å². The lowest BCUT2D eigenvalue weighted by Gasteiger charge is -2.24. The molecular formula is C70H112BrNO4. The van der Waals surface area contributed by atoms with E-state index in [9.17, 15) is 0 Å². The quantitative estimate of drug-likeness (QED) is 0.0251. The molecule has 6 heteroatoms. The van der Waals surface area contributed by atoms with Crippen LogP contribution in [0.3, 0.4) is 0 Å². The van der Waals surface area contributed by atoms with E-state index >= 15 is 0 Å². The van der Waals surface area contributed by atoms with Crippen molar-refractivity contribution in [3.63, 3.8) is 0 Å². The lowest BCUT2D eigenvalue weighted by Crippen LogP contribution is -3.00. The van der Waals surface area contributed by atoms with E-state index < -0.39 is 0 Å². The summed E-state index contributed by atoms with van der Waals surface area (Å²) < 4.78 is 12.1. The number of unbranched alkanes of at least 4 members (excludes halogenated alkanes) is 32. The number of hydrogen-bond acceptors (Lipinski definition) is 4. The van der Waals surface area contributed by atoms with Gasteiger partial charge in [0.15, 0.2) is 0 Å². The molecule has 76 heavy (non-hydrogen) atoms. The number of hydrogen-bond donors (Lipinski definition) is 0. The highest BCUT2D eigenvalue weighted by atomic mass is 79.9. The van der Waals surface area contributed by atoms with Gasteiger partial charge in [-0.2, -0.15) is 9.68 Å². The molecule has 0 saturated carbocycles. The van der Waals surface area contributed by atoms with Crippen molar-refractivity contribution in [1.82, 2.24) is 0 Å². The Morgan fingerprint density at radius 2 is 0.487 bits per heavy atom. The predicted octanol–water partition coefficient (Wildman–Crippen LogP) is 18.6. The standard InChI is InChI=1S/C70H112NO4.BrH/c1-5-7-9-11-13-15-19-25-31-37-59-72-69-55-51-67(52-56-69)65-47-43-63(44-48-65)41-35-29-23-17-21-27-33-39-61-74-71(3,4)75-62-40-34-28-22-18-24-30-36-42-64-45-49-66(50-46-64)68-53-57-70(58-54-68)73-60-38-32-26-20-16-14-12-10-8-6-2;/h43-58H,5-42,59-62H2,1-4H3;1H/q+1;/p-1. The molecule has 0 radical (unpaired) electrons. The molecule has 4 aromatic carbocycles. The number of aryl methyl sites for hydroxylation is 2. The van der Waals surface area contributed by atoms with Gasteiger partial charge in [-0.25, -0.2) is 0 Å². The van der Waals surface area contributed by atoms with E-state index in [1.807, 2.05) is 14.1 Å². The van der Waals surface area contributed by atoms with Crippen molar-refractivity contribution in [1.29, 1.82) is 0 Å². The maximum Gasteiger partial charge on any atom is 0.132 e. The molecule has 4 rings (SSSR count). The Kier molecular flexibility index (Phi) is 40.3. The van der Waals surface area contributed by atoms with Gasteiger partial charge in [0.2, 0.25) is 0 Å². The van der Waals surface area contributed by atoms with Crippen LogP contribution in [0.2, 0.25) is 0 Å². The van der Waals surface area contributed by atoms with Crippen LogP contribution in [0.5, 0.6) is 11.5 Å². The van der Waals surface area contributed by atoms with Crippen LogP contribution in [0.25, 0.3) is 22.3 Å². The predicted molar refractivity (Wildman–Crippen MR) is 324 cm³/mol. The van der Waals surface area contributed by atoms with Gasteiger partial charge in [-0.15, -0.1) is 0 Å². The van der Waals surface area contributed by atoms with Crippen LogP contribution in [-0.2, 0) is 22.5 Å². The van der Waals surface area contributed by atoms with Crippen molar-refractivity contribution in [2.45, 2.75) is 258 Å². The van der Waals surface area contributed by atoms with Gasteiger partial charge >= 0.3 is 0 Å². The van der Waals surface area contributed by atoms with Crippen molar-refractivity contribution >= 4 is 0 Å². The molecule has 0 bridgehead atoms. The molecule has 0 spiro atoms. The second kappa shape index (κ2) is 45.7. The molecule has 0 aliphatic heterocycles. The third-order valence-corrected chi connectivity index (χ3v) is 15.3. The fraction of sp³-hybridized carbons (Fsp3) is 0.657. The van der Waals surface area contributed by atoms with Crippen LogP contribution >= 0.6 is 0 Å². The summed E-state index contributed by atoms with van der Waals surface area (Å²) in [7, 11) is 4.04. The van der Waals surface area contributed by atoms with E-state index in [1.54, 1.807) is 0 Å². The molecular weight excluding hydrogens is 999 g/mol. The largest absolute Gasteiger partial charge is 1.00 e. The van der Waals surface area contributed by atoms with Crippen molar-refractivity contribution in [3.05, 3.63) is 108 Å². The second-order valence-corrected chi connectivity index (χ2v) is 22.6. The number of ether oxygens (including phenoxy) is 2. The minimum Gasteiger partial charge on any atom is -1.00 e. The first-order valence-electron chi connectivity index (χ1n) is 31.7. The highest BCUT2D eigenvalue weighted by Crippen LogP contribution is 2.26. The number of halogens is 1. The van der Waals surface area contributed by atoms with Gasteiger partial charge in [0.05, 0.1) is 13.2 Å². The molecule has 428 valence electrons. The van der Waals surface area contributed by atoms with Gasteiger partial charge in [-0.3, -0.25) is 0 Å². The van der Waals surface area contributed by atoms with Crippen LogP contribution in [0.4, 0.5) is 0 Å². The van der Waals surface area contributed by atoms with Gasteiger partial charge in [0.25, 0.3) is 0 Å². The molecule has 4 aromatic rings. The summed E-state index contributed by atoms with van der Waals surface area (Å²) in [6, 6.07) is 35.7. The van der Waals surface area contributed by atoms with Crippen LogP contribution < -0.4 is 26.5 Å². The number of benzene rings is 4. The summed E-state index contributed by atoms with van der Waals surface area (Å²) >= 11 is 0. The van der Waals surface area contributed by atoms with Gasteiger partial charge in [0.1, 0.15) is 38.8 Å². The number of nitrogens with zero attached hydrogens (tertiary/aromatic N) is 1. The Morgan fingerprint density at radius 1 is 0.263 bits per heavy atom. The first kappa shape index (κ1) is 67.1. The fourth-order valence-electron chi connectivity index (χ4n) is 10.4. The van der Waals surface area contributed by atoms with Crippen molar-refractivity contribution in [2.75, 3.05) is 40.5 Å². The summed E-state index contributed by atoms with van der Waals surface area (Å²) in [5, 5.41) is 0. The first-order chi connectivity index (χ1) is 37.0. The van der Waals surface area contributed by atoms with Crippen LogP contribution in [0, 0.1) is 0 Å². The van der Waals surface area contributed by atoms with E-state index in [-0.39, 0.29) is 21.8 Å². The average Bonchev–Trinajstić information content (AvgIpc) is 3.43. The Labute approximate surface area is 478 Å². The summed E-state index contributed by atoms with van der Waals surface area (Å²) in [4.78, 5) is 12.4. The smallest absolute Gasteiger partial charge is 0.132 e. The monoisotopic (exact) mass is 1110 g/mol. The minimum absolute atomic E-state index is 0. The molecule has 0 aliphatic rings. The topological polar surface area (TPSA) is 36.9 Å². The van der Waals surface area contributed by atoms with Crippen LogP contribution in [-0.4, -0.2) is 45.3 Å². The Morgan fingerprint density at radius 3 is 0.763 bits per heavy atom. The Hall–Kier alpha value is -3.16. The van der Waals surface area contributed by atoms with Crippen molar-refractivity contribution < 1.29 is 40.9 Å². The highest BCUT2D eigenvalue weighted by Gasteiger charge is 2.18. The zero-order chi connectivity index (χ0) is 53.0. The first-order valence-corrected chi connectivity index (χ1v) is 31.7. The third kappa shape index (κ3) is 34.0. The lowest BCUT2D eigenvalue weighted by atomic mass is 10.0. The Bertz CT molecular complexity index is 1740. The molecule has 5 nitrogen and oxygen atoms in total. The maximum atomic E-state index is 6.09. The SMILES string of the molecule is CCCCCCCCCCCCOc1ccc(-c2ccc(CCCCCCCCCCO[N+](C)(C)OCCCCCCCCCCc3ccc(-c4ccc(OCCCCCCCCCCCC)cc4)cc3)cc2)cc1.[Br-]. The summed E-state index contributed by atoms with van der Waals surface area (Å²) in [6.07, 6.45) is 49.9. The van der Waals surface area contributed by atoms with Crippen LogP contribution in [0.1, 0.15) is 256 Å². The van der Waals surface area contributed by atoms with Crippen molar-refractivity contribution in [2.24, 2.45) is 0 Å². The molecule has 0 unspecified atom stereocenters. The molecule has 0 fully saturated rings. The zero-order valence-electron chi connectivity index (χ0n) is 49.4. The third-order valence-electron chi connectivity index (χ3n) is 15.3.